The van der Waals surface area contributed by atoms with Gasteiger partial charge in [0.15, 0.2) is 0 Å². The van der Waals surface area contributed by atoms with Crippen molar-refractivity contribution in [2.24, 2.45) is 5.92 Å². The Hall–Kier alpha value is -2.62. The monoisotopic (exact) mass is 398 g/mol. The molecule has 0 saturated carbocycles. The maximum absolute atomic E-state index is 5.58. The Morgan fingerprint density at radius 2 is 1.53 bits per heavy atom. The van der Waals surface area contributed by atoms with Crippen molar-refractivity contribution < 1.29 is 4.74 Å². The summed E-state index contributed by atoms with van der Waals surface area (Å²) >= 11 is 0. The van der Waals surface area contributed by atoms with Gasteiger partial charge in [-0.1, -0.05) is 78.9 Å². The van der Waals surface area contributed by atoms with Crippen LogP contribution in [0.5, 0.6) is 5.75 Å². The molecule has 2 heterocycles. The van der Waals surface area contributed by atoms with Crippen LogP contribution in [0.3, 0.4) is 0 Å². The molecular formula is C27H30N2O. The van der Waals surface area contributed by atoms with E-state index >= 15 is 0 Å². The Labute approximate surface area is 179 Å². The highest BCUT2D eigenvalue weighted by Crippen LogP contribution is 2.43. The molecule has 0 radical (unpaired) electrons. The topological polar surface area (TPSA) is 24.5 Å². The normalized spacial score (nSPS) is 25.0. The molecule has 3 aromatic rings. The SMILES string of the molecule is COc1ccccc1CN[C@@H]1[C@@H]2CCN(C2)[C@H]1C(c1ccccc1)c1ccccc1. The fourth-order valence-electron chi connectivity index (χ4n) is 5.58. The summed E-state index contributed by atoms with van der Waals surface area (Å²) in [5, 5.41) is 3.95. The molecule has 3 aromatic carbocycles. The lowest BCUT2D eigenvalue weighted by Gasteiger charge is -2.39. The van der Waals surface area contributed by atoms with E-state index in [2.05, 4.69) is 89.1 Å². The number of nitrogens with one attached hydrogen (secondary N) is 1. The van der Waals surface area contributed by atoms with Gasteiger partial charge in [0.25, 0.3) is 0 Å². The Kier molecular flexibility index (Phi) is 5.56. The maximum Gasteiger partial charge on any atom is 0.123 e. The van der Waals surface area contributed by atoms with E-state index in [-0.39, 0.29) is 0 Å². The average Bonchev–Trinajstić information content (AvgIpc) is 3.42. The zero-order valence-corrected chi connectivity index (χ0v) is 17.6. The molecule has 154 valence electrons. The number of rotatable bonds is 7. The molecule has 2 fully saturated rings. The summed E-state index contributed by atoms with van der Waals surface area (Å²) in [6.07, 6.45) is 1.29. The molecule has 0 spiro atoms. The van der Waals surface area contributed by atoms with Gasteiger partial charge in [0.1, 0.15) is 5.75 Å². The van der Waals surface area contributed by atoms with Crippen molar-refractivity contribution in [1.82, 2.24) is 10.2 Å². The summed E-state index contributed by atoms with van der Waals surface area (Å²) in [6.45, 7) is 3.24. The second-order valence-corrected chi connectivity index (χ2v) is 8.55. The number of ether oxygens (including phenoxy) is 1. The van der Waals surface area contributed by atoms with Crippen molar-refractivity contribution in [2.75, 3.05) is 20.2 Å². The first-order chi connectivity index (χ1) is 14.8. The Bertz CT molecular complexity index is 919. The molecule has 4 atom stereocenters. The minimum atomic E-state index is 0.368. The molecule has 5 rings (SSSR count). The van der Waals surface area contributed by atoms with Gasteiger partial charge < -0.3 is 10.1 Å². The Morgan fingerprint density at radius 3 is 2.20 bits per heavy atom. The van der Waals surface area contributed by atoms with E-state index in [1.807, 2.05) is 6.07 Å². The lowest BCUT2D eigenvalue weighted by molar-refractivity contribution is 0.197. The third-order valence-corrected chi connectivity index (χ3v) is 6.93. The highest BCUT2D eigenvalue weighted by atomic mass is 16.5. The maximum atomic E-state index is 5.58. The van der Waals surface area contributed by atoms with E-state index in [0.29, 0.717) is 23.9 Å². The van der Waals surface area contributed by atoms with Gasteiger partial charge in [0.2, 0.25) is 0 Å². The molecular weight excluding hydrogens is 368 g/mol. The molecule has 2 saturated heterocycles. The first-order valence-corrected chi connectivity index (χ1v) is 11.0. The smallest absolute Gasteiger partial charge is 0.123 e. The molecule has 0 aromatic heterocycles. The summed E-state index contributed by atoms with van der Waals surface area (Å²) in [6, 6.07) is 31.4. The number of fused-ring (bicyclic) bond motifs is 2. The van der Waals surface area contributed by atoms with Crippen LogP contribution in [0.25, 0.3) is 0 Å². The number of nitrogens with zero attached hydrogens (tertiary/aromatic N) is 1. The van der Waals surface area contributed by atoms with E-state index in [1.54, 1.807) is 7.11 Å². The Morgan fingerprint density at radius 1 is 0.900 bits per heavy atom. The van der Waals surface area contributed by atoms with E-state index in [9.17, 15) is 0 Å². The minimum Gasteiger partial charge on any atom is -0.496 e. The van der Waals surface area contributed by atoms with Crippen LogP contribution in [0.2, 0.25) is 0 Å². The molecule has 1 N–H and O–H groups in total. The zero-order chi connectivity index (χ0) is 20.3. The van der Waals surface area contributed by atoms with Crippen molar-refractivity contribution in [3.8, 4) is 5.75 Å². The molecule has 3 nitrogen and oxygen atoms in total. The standard InChI is InChI=1S/C27H30N2O/c1-30-24-15-9-8-14-22(24)18-28-26-23-16-17-29(19-23)27(26)25(20-10-4-2-5-11-20)21-12-6-3-7-13-21/h2-15,23,25-28H,16-19H2,1H3/t23-,26-,27+/m1/s1. The number of hydrogen-bond acceptors (Lipinski definition) is 3. The van der Waals surface area contributed by atoms with E-state index < -0.39 is 0 Å². The van der Waals surface area contributed by atoms with Crippen LogP contribution in [-0.4, -0.2) is 37.2 Å². The molecule has 0 aliphatic carbocycles. The molecule has 3 heteroatoms. The van der Waals surface area contributed by atoms with Crippen molar-refractivity contribution in [3.05, 3.63) is 102 Å². The number of benzene rings is 3. The van der Waals surface area contributed by atoms with Crippen molar-refractivity contribution in [2.45, 2.75) is 31.0 Å². The van der Waals surface area contributed by atoms with Crippen molar-refractivity contribution >= 4 is 0 Å². The van der Waals surface area contributed by atoms with Crippen LogP contribution in [0.4, 0.5) is 0 Å². The molecule has 1 unspecified atom stereocenters. The van der Waals surface area contributed by atoms with Crippen LogP contribution in [0, 0.1) is 5.92 Å². The largest absolute Gasteiger partial charge is 0.496 e. The first-order valence-electron chi connectivity index (χ1n) is 11.0. The van der Waals surface area contributed by atoms with Gasteiger partial charge in [0, 0.05) is 36.7 Å². The van der Waals surface area contributed by atoms with Crippen molar-refractivity contribution in [3.63, 3.8) is 0 Å². The van der Waals surface area contributed by atoms with Gasteiger partial charge in [-0.25, -0.2) is 0 Å². The lowest BCUT2D eigenvalue weighted by atomic mass is 9.78. The van der Waals surface area contributed by atoms with Crippen LogP contribution in [0.15, 0.2) is 84.9 Å². The highest BCUT2D eigenvalue weighted by molar-refractivity contribution is 5.37. The van der Waals surface area contributed by atoms with Crippen LogP contribution >= 0.6 is 0 Å². The third kappa shape index (κ3) is 3.64. The summed E-state index contributed by atoms with van der Waals surface area (Å²) in [5.74, 6) is 2.04. The second kappa shape index (κ2) is 8.63. The summed E-state index contributed by atoms with van der Waals surface area (Å²) in [5.41, 5.74) is 4.04. The van der Waals surface area contributed by atoms with Crippen LogP contribution in [-0.2, 0) is 6.54 Å². The molecule has 30 heavy (non-hydrogen) atoms. The van der Waals surface area contributed by atoms with Gasteiger partial charge in [-0.05, 0) is 36.1 Å². The molecule has 0 amide bonds. The average molecular weight is 399 g/mol. The van der Waals surface area contributed by atoms with E-state index in [0.717, 1.165) is 12.3 Å². The highest BCUT2D eigenvalue weighted by Gasteiger charge is 2.49. The third-order valence-electron chi connectivity index (χ3n) is 6.93. The summed E-state index contributed by atoms with van der Waals surface area (Å²) in [7, 11) is 1.76. The van der Waals surface area contributed by atoms with Gasteiger partial charge in [-0.3, -0.25) is 4.90 Å². The second-order valence-electron chi connectivity index (χ2n) is 8.55. The minimum absolute atomic E-state index is 0.368. The predicted octanol–water partition coefficient (Wildman–Crippen LogP) is 4.69. The van der Waals surface area contributed by atoms with E-state index in [4.69, 9.17) is 4.74 Å². The lowest BCUT2D eigenvalue weighted by Crippen LogP contribution is -2.50. The number of hydrogen-bond donors (Lipinski definition) is 1. The fourth-order valence-corrected chi connectivity index (χ4v) is 5.58. The van der Waals surface area contributed by atoms with Crippen LogP contribution in [0.1, 0.15) is 29.0 Å². The van der Waals surface area contributed by atoms with Gasteiger partial charge in [-0.2, -0.15) is 0 Å². The summed E-state index contributed by atoms with van der Waals surface area (Å²) in [4.78, 5) is 2.72. The number of piperidine rings is 1. The predicted molar refractivity (Wildman–Crippen MR) is 122 cm³/mol. The fraction of sp³-hybridized carbons (Fsp3) is 0.333. The van der Waals surface area contributed by atoms with E-state index in [1.165, 1.54) is 36.2 Å². The molecule has 2 bridgehead atoms. The molecule has 2 aliphatic rings. The number of methoxy groups -OCH3 is 1. The molecule has 2 aliphatic heterocycles. The Balaban J connectivity index is 1.47. The quantitative estimate of drug-likeness (QED) is 0.625. The van der Waals surface area contributed by atoms with Gasteiger partial charge >= 0.3 is 0 Å². The van der Waals surface area contributed by atoms with Gasteiger partial charge in [0.05, 0.1) is 7.11 Å². The van der Waals surface area contributed by atoms with Crippen molar-refractivity contribution in [1.29, 1.82) is 0 Å². The first kappa shape index (κ1) is 19.3. The zero-order valence-electron chi connectivity index (χ0n) is 17.6. The summed E-state index contributed by atoms with van der Waals surface area (Å²) < 4.78 is 5.58. The van der Waals surface area contributed by atoms with Gasteiger partial charge in [-0.15, -0.1) is 0 Å². The van der Waals surface area contributed by atoms with Crippen LogP contribution < -0.4 is 10.1 Å². The number of para-hydroxylation sites is 1.